The average molecular weight is 490 g/mol. The Balaban J connectivity index is 1.19. The van der Waals surface area contributed by atoms with E-state index in [2.05, 4.69) is 10.3 Å². The third-order valence-electron chi connectivity index (χ3n) is 7.68. The minimum atomic E-state index is -0.766. The van der Waals surface area contributed by atoms with E-state index in [4.69, 9.17) is 0 Å². The molecule has 0 radical (unpaired) electrons. The number of hydrogen-bond donors (Lipinski definition) is 1. The number of likely N-dealkylation sites (tertiary alicyclic amines) is 1. The zero-order chi connectivity index (χ0) is 25.4. The van der Waals surface area contributed by atoms with Crippen LogP contribution in [0.1, 0.15) is 54.9 Å². The topological polar surface area (TPSA) is 103 Å². The second-order valence-corrected chi connectivity index (χ2v) is 10.0. The van der Waals surface area contributed by atoms with Crippen LogP contribution in [-0.4, -0.2) is 63.7 Å². The number of carbonyl (C=O) groups is 4. The first-order valence-corrected chi connectivity index (χ1v) is 12.5. The molecule has 1 N–H and O–H groups in total. The lowest BCUT2D eigenvalue weighted by Gasteiger charge is -2.48. The summed E-state index contributed by atoms with van der Waals surface area (Å²) in [4.78, 5) is 61.2. The van der Waals surface area contributed by atoms with Crippen LogP contribution in [0, 0.1) is 12.8 Å². The van der Waals surface area contributed by atoms with Crippen molar-refractivity contribution in [2.45, 2.75) is 51.6 Å². The first kappa shape index (κ1) is 24.0. The number of para-hydroxylation sites is 1. The lowest BCUT2D eigenvalue weighted by Crippen LogP contribution is -2.62. The van der Waals surface area contributed by atoms with Crippen molar-refractivity contribution in [2.75, 3.05) is 29.9 Å². The number of aryl methyl sites for hydroxylation is 1. The lowest BCUT2D eigenvalue weighted by atomic mass is 9.95. The first-order valence-electron chi connectivity index (χ1n) is 12.5. The van der Waals surface area contributed by atoms with Crippen LogP contribution < -0.4 is 10.2 Å². The largest absolute Gasteiger partial charge is 0.343 e. The Morgan fingerprint density at radius 1 is 1.14 bits per heavy atom. The summed E-state index contributed by atoms with van der Waals surface area (Å²) in [5.41, 5.74) is 1.40. The number of carbonyl (C=O) groups excluding carboxylic acids is 4. The molecular formula is C27H31N5O4. The van der Waals surface area contributed by atoms with E-state index in [-0.39, 0.29) is 42.5 Å². The van der Waals surface area contributed by atoms with Gasteiger partial charge in [0.25, 0.3) is 5.91 Å². The van der Waals surface area contributed by atoms with Gasteiger partial charge >= 0.3 is 0 Å². The zero-order valence-electron chi connectivity index (χ0n) is 20.7. The molecule has 4 amide bonds. The molecule has 0 bridgehead atoms. The average Bonchev–Trinajstić information content (AvgIpc) is 3.18. The van der Waals surface area contributed by atoms with Crippen molar-refractivity contribution >= 4 is 35.1 Å². The van der Waals surface area contributed by atoms with E-state index in [0.717, 1.165) is 5.56 Å². The van der Waals surface area contributed by atoms with Crippen molar-refractivity contribution in [3.05, 3.63) is 53.7 Å². The van der Waals surface area contributed by atoms with Crippen LogP contribution in [0.5, 0.6) is 0 Å². The molecule has 1 aromatic heterocycles. The highest BCUT2D eigenvalue weighted by Crippen LogP contribution is 2.44. The fourth-order valence-electron chi connectivity index (χ4n) is 5.63. The van der Waals surface area contributed by atoms with E-state index >= 15 is 0 Å². The number of rotatable bonds is 5. The molecule has 188 valence electrons. The van der Waals surface area contributed by atoms with E-state index < -0.39 is 5.66 Å². The third-order valence-corrected chi connectivity index (χ3v) is 7.68. The van der Waals surface area contributed by atoms with Crippen LogP contribution in [-0.2, 0) is 14.4 Å². The summed E-state index contributed by atoms with van der Waals surface area (Å²) in [6.07, 6.45) is 3.92. The quantitative estimate of drug-likeness (QED) is 0.696. The Morgan fingerprint density at radius 2 is 1.89 bits per heavy atom. The molecule has 1 atom stereocenters. The highest BCUT2D eigenvalue weighted by atomic mass is 16.2. The SMILES string of the molecule is Cc1ccnc(NC(=O)C2CCN(C(=O)CCN3C(=O)c4ccccc4N4C(=O)CC[C@]34C)CC2)c1. The van der Waals surface area contributed by atoms with Crippen LogP contribution in [0.2, 0.25) is 0 Å². The fourth-order valence-corrected chi connectivity index (χ4v) is 5.63. The maximum atomic E-state index is 13.4. The number of aromatic nitrogens is 1. The van der Waals surface area contributed by atoms with Gasteiger partial charge in [-0.05, 0) is 62.9 Å². The number of pyridine rings is 1. The summed E-state index contributed by atoms with van der Waals surface area (Å²) in [5, 5.41) is 2.88. The number of piperidine rings is 1. The van der Waals surface area contributed by atoms with Crippen molar-refractivity contribution < 1.29 is 19.2 Å². The van der Waals surface area contributed by atoms with E-state index in [9.17, 15) is 19.2 Å². The van der Waals surface area contributed by atoms with Crippen LogP contribution in [0.4, 0.5) is 11.5 Å². The molecule has 2 saturated heterocycles. The lowest BCUT2D eigenvalue weighted by molar-refractivity contribution is -0.134. The minimum absolute atomic E-state index is 0.00464. The van der Waals surface area contributed by atoms with Gasteiger partial charge in [0.05, 0.1) is 11.3 Å². The van der Waals surface area contributed by atoms with Gasteiger partial charge in [-0.2, -0.15) is 0 Å². The van der Waals surface area contributed by atoms with Crippen LogP contribution in [0.15, 0.2) is 42.6 Å². The molecule has 2 aromatic rings. The number of hydrogen-bond acceptors (Lipinski definition) is 5. The van der Waals surface area contributed by atoms with Crippen molar-refractivity contribution in [3.8, 4) is 0 Å². The number of nitrogens with zero attached hydrogens (tertiary/aromatic N) is 4. The summed E-state index contributed by atoms with van der Waals surface area (Å²) in [6, 6.07) is 10.9. The molecule has 3 aliphatic rings. The fraction of sp³-hybridized carbons (Fsp3) is 0.444. The predicted octanol–water partition coefficient (Wildman–Crippen LogP) is 2.96. The summed E-state index contributed by atoms with van der Waals surface area (Å²) < 4.78 is 0. The van der Waals surface area contributed by atoms with Gasteiger partial charge in [-0.25, -0.2) is 4.98 Å². The Bertz CT molecular complexity index is 1220. The normalized spacial score (nSPS) is 21.9. The summed E-state index contributed by atoms with van der Waals surface area (Å²) in [5.74, 6) is 0.103. The highest BCUT2D eigenvalue weighted by molar-refractivity contribution is 6.10. The Hall–Kier alpha value is -3.75. The van der Waals surface area contributed by atoms with Crippen molar-refractivity contribution in [1.29, 1.82) is 0 Å². The monoisotopic (exact) mass is 489 g/mol. The second-order valence-electron chi connectivity index (χ2n) is 10.0. The van der Waals surface area contributed by atoms with Crippen molar-refractivity contribution in [3.63, 3.8) is 0 Å². The van der Waals surface area contributed by atoms with Crippen LogP contribution in [0.3, 0.4) is 0 Å². The van der Waals surface area contributed by atoms with Gasteiger partial charge < -0.3 is 15.1 Å². The van der Waals surface area contributed by atoms with Gasteiger partial charge in [0.15, 0.2) is 0 Å². The maximum Gasteiger partial charge on any atom is 0.257 e. The van der Waals surface area contributed by atoms with Gasteiger partial charge in [-0.1, -0.05) is 12.1 Å². The Morgan fingerprint density at radius 3 is 2.64 bits per heavy atom. The number of nitrogens with one attached hydrogen (secondary N) is 1. The summed E-state index contributed by atoms with van der Waals surface area (Å²) in [7, 11) is 0. The van der Waals surface area contributed by atoms with Crippen LogP contribution >= 0.6 is 0 Å². The molecular weight excluding hydrogens is 458 g/mol. The summed E-state index contributed by atoms with van der Waals surface area (Å²) in [6.45, 7) is 5.09. The first-order chi connectivity index (χ1) is 17.3. The molecule has 9 heteroatoms. The minimum Gasteiger partial charge on any atom is -0.343 e. The molecule has 0 unspecified atom stereocenters. The smallest absolute Gasteiger partial charge is 0.257 e. The molecule has 0 spiro atoms. The number of benzene rings is 1. The third kappa shape index (κ3) is 4.23. The summed E-state index contributed by atoms with van der Waals surface area (Å²) >= 11 is 0. The Kier molecular flexibility index (Phi) is 6.24. The molecule has 3 aliphatic heterocycles. The van der Waals surface area contributed by atoms with E-state index in [1.807, 2.05) is 38.1 Å². The van der Waals surface area contributed by atoms with E-state index in [0.29, 0.717) is 55.8 Å². The molecule has 9 nitrogen and oxygen atoms in total. The number of fused-ring (bicyclic) bond motifs is 3. The second kappa shape index (κ2) is 9.37. The van der Waals surface area contributed by atoms with Gasteiger partial charge in [0.2, 0.25) is 17.7 Å². The highest BCUT2D eigenvalue weighted by Gasteiger charge is 2.52. The van der Waals surface area contributed by atoms with Gasteiger partial charge in [-0.15, -0.1) is 0 Å². The van der Waals surface area contributed by atoms with Gasteiger partial charge in [-0.3, -0.25) is 24.1 Å². The number of anilines is 2. The van der Waals surface area contributed by atoms with E-state index in [1.165, 1.54) is 0 Å². The molecule has 1 aromatic carbocycles. The number of amides is 4. The Labute approximate surface area is 210 Å². The standard InChI is InChI=1S/C27H31N5O4/c1-18-8-13-28-22(17-18)29-25(35)19-9-14-30(15-10-19)23(33)11-16-31-26(36)20-5-3-4-6-21(20)32-24(34)7-12-27(31,32)2/h3-6,8,13,17,19H,7,9-12,14-16H2,1-2H3,(H,28,29,35)/t27-/m1/s1. The maximum absolute atomic E-state index is 13.4. The van der Waals surface area contributed by atoms with Crippen molar-refractivity contribution in [2.24, 2.45) is 5.92 Å². The molecule has 4 heterocycles. The molecule has 0 saturated carbocycles. The molecule has 2 fully saturated rings. The predicted molar refractivity (Wildman–Crippen MR) is 134 cm³/mol. The van der Waals surface area contributed by atoms with E-state index in [1.54, 1.807) is 33.0 Å². The molecule has 36 heavy (non-hydrogen) atoms. The zero-order valence-corrected chi connectivity index (χ0v) is 20.7. The van der Waals surface area contributed by atoms with Crippen LogP contribution in [0.25, 0.3) is 0 Å². The van der Waals surface area contributed by atoms with Crippen molar-refractivity contribution in [1.82, 2.24) is 14.8 Å². The van der Waals surface area contributed by atoms with Gasteiger partial charge in [0, 0.05) is 44.6 Å². The molecule has 5 rings (SSSR count). The molecule has 0 aliphatic carbocycles. The van der Waals surface area contributed by atoms with Gasteiger partial charge in [0.1, 0.15) is 11.5 Å².